The molecule has 7 nitrogen and oxygen atoms in total. The van der Waals surface area contributed by atoms with Crippen molar-refractivity contribution in [1.82, 2.24) is 4.57 Å². The lowest BCUT2D eigenvalue weighted by Gasteiger charge is -2.12. The minimum absolute atomic E-state index is 0.0710. The fourth-order valence-corrected chi connectivity index (χ4v) is 3.66. The van der Waals surface area contributed by atoms with Gasteiger partial charge in [-0.25, -0.2) is 0 Å². The topological polar surface area (TPSA) is 83.6 Å². The molecule has 0 atom stereocenters. The van der Waals surface area contributed by atoms with E-state index in [1.54, 1.807) is 44.4 Å². The molecule has 4 rings (SSSR count). The van der Waals surface area contributed by atoms with Crippen molar-refractivity contribution in [2.45, 2.75) is 13.5 Å². The van der Waals surface area contributed by atoms with Crippen LogP contribution in [0.4, 0.5) is 5.69 Å². The molecule has 0 bridgehead atoms. The maximum atomic E-state index is 12.8. The van der Waals surface area contributed by atoms with Crippen molar-refractivity contribution in [2.75, 3.05) is 7.11 Å². The van der Waals surface area contributed by atoms with Crippen molar-refractivity contribution >= 4 is 17.5 Å². The molecule has 1 heterocycles. The predicted molar refractivity (Wildman–Crippen MR) is 134 cm³/mol. The number of carbonyl (C=O) groups excluding carboxylic acids is 1. The number of hydrogen-bond donors (Lipinski definition) is 0. The van der Waals surface area contributed by atoms with Crippen LogP contribution >= 0.6 is 0 Å². The molecule has 1 aromatic heterocycles. The molecular formula is C28H24N2O5. The van der Waals surface area contributed by atoms with Crippen LogP contribution in [-0.4, -0.2) is 22.4 Å². The van der Waals surface area contributed by atoms with Crippen molar-refractivity contribution in [3.8, 4) is 17.2 Å². The van der Waals surface area contributed by atoms with Gasteiger partial charge in [0.2, 0.25) is 0 Å². The fraction of sp³-hybridized carbons (Fsp3) is 0.107. The number of nitro benzene ring substituents is 1. The second-order valence-electron chi connectivity index (χ2n) is 7.93. The summed E-state index contributed by atoms with van der Waals surface area (Å²) in [6, 6.07) is 21.5. The zero-order chi connectivity index (χ0) is 24.8. The van der Waals surface area contributed by atoms with Gasteiger partial charge in [-0.3, -0.25) is 14.9 Å². The molecular weight excluding hydrogens is 444 g/mol. The Bertz CT molecular complexity index is 1390. The molecule has 0 saturated carbocycles. The van der Waals surface area contributed by atoms with Gasteiger partial charge in [-0.15, -0.1) is 0 Å². The van der Waals surface area contributed by atoms with Gasteiger partial charge in [-0.05, 0) is 66.6 Å². The second-order valence-corrected chi connectivity index (χ2v) is 7.93. The summed E-state index contributed by atoms with van der Waals surface area (Å²) in [5.74, 6) is 0.645. The number of hydrogen-bond acceptors (Lipinski definition) is 5. The van der Waals surface area contributed by atoms with Crippen LogP contribution in [0.1, 0.15) is 27.0 Å². The summed E-state index contributed by atoms with van der Waals surface area (Å²) in [5, 5.41) is 11.4. The van der Waals surface area contributed by atoms with Crippen LogP contribution in [0.25, 0.3) is 11.8 Å². The molecule has 0 aliphatic heterocycles. The summed E-state index contributed by atoms with van der Waals surface area (Å²) in [6.07, 6.45) is 7.09. The maximum Gasteiger partial charge on any atom is 0.311 e. The Morgan fingerprint density at radius 1 is 1.00 bits per heavy atom. The third kappa shape index (κ3) is 5.65. The van der Waals surface area contributed by atoms with Crippen molar-refractivity contribution in [2.24, 2.45) is 0 Å². The van der Waals surface area contributed by atoms with E-state index in [0.717, 1.165) is 16.8 Å². The highest BCUT2D eigenvalue weighted by atomic mass is 16.6. The summed E-state index contributed by atoms with van der Waals surface area (Å²) in [5.41, 5.74) is 3.65. The van der Waals surface area contributed by atoms with E-state index >= 15 is 0 Å². The number of nitro groups is 1. The van der Waals surface area contributed by atoms with Crippen LogP contribution in [0.5, 0.6) is 11.5 Å². The van der Waals surface area contributed by atoms with Crippen LogP contribution in [0.2, 0.25) is 0 Å². The molecule has 0 amide bonds. The van der Waals surface area contributed by atoms with Crippen LogP contribution < -0.4 is 9.47 Å². The van der Waals surface area contributed by atoms with E-state index in [1.165, 1.54) is 12.1 Å². The number of rotatable bonds is 9. The minimum atomic E-state index is -0.463. The SMILES string of the molecule is COc1ccc(/C=C/C(=O)c2cccc(-n3cccc3)c2)cc1COc1ccc(C)cc1[N+](=O)[O-]. The lowest BCUT2D eigenvalue weighted by atomic mass is 10.1. The van der Waals surface area contributed by atoms with Crippen molar-refractivity contribution in [3.05, 3.63) is 124 Å². The van der Waals surface area contributed by atoms with E-state index in [-0.39, 0.29) is 23.8 Å². The Kier molecular flexibility index (Phi) is 7.07. The number of carbonyl (C=O) groups is 1. The number of aromatic nitrogens is 1. The van der Waals surface area contributed by atoms with Crippen molar-refractivity contribution in [1.29, 1.82) is 0 Å². The van der Waals surface area contributed by atoms with Gasteiger partial charge in [0.05, 0.1) is 12.0 Å². The summed E-state index contributed by atoms with van der Waals surface area (Å²) in [4.78, 5) is 23.7. The number of allylic oxidation sites excluding steroid dienone is 1. The zero-order valence-corrected chi connectivity index (χ0v) is 19.4. The number of nitrogens with zero attached hydrogens (tertiary/aromatic N) is 2. The highest BCUT2D eigenvalue weighted by Gasteiger charge is 2.16. The molecule has 0 saturated heterocycles. The monoisotopic (exact) mass is 468 g/mol. The number of benzene rings is 3. The summed E-state index contributed by atoms with van der Waals surface area (Å²) < 4.78 is 13.1. The normalized spacial score (nSPS) is 10.9. The van der Waals surface area contributed by atoms with Crippen LogP contribution in [0.3, 0.4) is 0 Å². The quantitative estimate of drug-likeness (QED) is 0.127. The number of methoxy groups -OCH3 is 1. The lowest BCUT2D eigenvalue weighted by Crippen LogP contribution is -2.02. The summed E-state index contributed by atoms with van der Waals surface area (Å²) >= 11 is 0. The predicted octanol–water partition coefficient (Wildman–Crippen LogP) is 6.18. The minimum Gasteiger partial charge on any atom is -0.496 e. The second kappa shape index (κ2) is 10.5. The van der Waals surface area contributed by atoms with E-state index in [9.17, 15) is 14.9 Å². The van der Waals surface area contributed by atoms with Gasteiger partial charge < -0.3 is 14.0 Å². The molecule has 0 spiro atoms. The standard InChI is InChI=1S/C28H24N2O5/c1-20-8-12-28(25(16-20)30(32)33)35-19-23-17-21(10-13-27(23)34-2)9-11-26(31)22-6-5-7-24(18-22)29-14-3-4-15-29/h3-18H,19H2,1-2H3/b11-9+. The Balaban J connectivity index is 1.52. The lowest BCUT2D eigenvalue weighted by molar-refractivity contribution is -0.386. The van der Waals surface area contributed by atoms with Crippen LogP contribution in [0, 0.1) is 17.0 Å². The zero-order valence-electron chi connectivity index (χ0n) is 19.4. The summed E-state index contributed by atoms with van der Waals surface area (Å²) in [7, 11) is 1.55. The van der Waals surface area contributed by atoms with Crippen LogP contribution in [0.15, 0.2) is 91.3 Å². The van der Waals surface area contributed by atoms with Crippen LogP contribution in [-0.2, 0) is 6.61 Å². The molecule has 4 aromatic rings. The molecule has 0 fully saturated rings. The first kappa shape index (κ1) is 23.5. The van der Waals surface area contributed by atoms with E-state index in [4.69, 9.17) is 9.47 Å². The smallest absolute Gasteiger partial charge is 0.311 e. The van der Waals surface area contributed by atoms with E-state index < -0.39 is 4.92 Å². The van der Waals surface area contributed by atoms with E-state index in [2.05, 4.69) is 0 Å². The first-order valence-electron chi connectivity index (χ1n) is 10.9. The third-order valence-corrected chi connectivity index (χ3v) is 5.46. The Labute approximate surface area is 203 Å². The number of aryl methyl sites for hydroxylation is 1. The van der Waals surface area contributed by atoms with Crippen molar-refractivity contribution < 1.29 is 19.2 Å². The first-order valence-corrected chi connectivity index (χ1v) is 10.9. The van der Waals surface area contributed by atoms with E-state index in [0.29, 0.717) is 16.9 Å². The largest absolute Gasteiger partial charge is 0.496 e. The fourth-order valence-electron chi connectivity index (χ4n) is 3.66. The maximum absolute atomic E-state index is 12.8. The molecule has 3 aromatic carbocycles. The van der Waals surface area contributed by atoms with Gasteiger partial charge in [-0.2, -0.15) is 0 Å². The molecule has 0 N–H and O–H groups in total. The molecule has 35 heavy (non-hydrogen) atoms. The molecule has 7 heteroatoms. The van der Waals surface area contributed by atoms with E-state index in [1.807, 2.05) is 59.4 Å². The van der Waals surface area contributed by atoms with Gasteiger partial charge in [0.1, 0.15) is 12.4 Å². The number of ether oxygens (including phenoxy) is 2. The van der Waals surface area contributed by atoms with Gasteiger partial charge in [0.15, 0.2) is 11.5 Å². The highest BCUT2D eigenvalue weighted by Crippen LogP contribution is 2.30. The average molecular weight is 469 g/mol. The molecule has 0 aliphatic rings. The third-order valence-electron chi connectivity index (χ3n) is 5.46. The molecule has 0 unspecified atom stereocenters. The number of ketones is 1. The van der Waals surface area contributed by atoms with Crippen molar-refractivity contribution in [3.63, 3.8) is 0 Å². The molecule has 0 aliphatic carbocycles. The summed E-state index contributed by atoms with van der Waals surface area (Å²) in [6.45, 7) is 1.86. The Hall–Kier alpha value is -4.65. The average Bonchev–Trinajstić information content (AvgIpc) is 3.42. The Morgan fingerprint density at radius 3 is 2.51 bits per heavy atom. The Morgan fingerprint density at radius 2 is 1.77 bits per heavy atom. The first-order chi connectivity index (χ1) is 16.9. The van der Waals surface area contributed by atoms with Gasteiger partial charge >= 0.3 is 5.69 Å². The van der Waals surface area contributed by atoms with Gasteiger partial charge in [-0.1, -0.05) is 30.3 Å². The van der Waals surface area contributed by atoms with Gasteiger partial charge in [0, 0.05) is 35.3 Å². The molecule has 176 valence electrons. The van der Waals surface area contributed by atoms with Gasteiger partial charge in [0.25, 0.3) is 0 Å². The molecule has 0 radical (unpaired) electrons. The highest BCUT2D eigenvalue weighted by molar-refractivity contribution is 6.07.